The number of carbonyl (C=O) groups excluding carboxylic acids is 1. The highest BCUT2D eigenvalue weighted by Gasteiger charge is 2.32. The van der Waals surface area contributed by atoms with Crippen LogP contribution in [0.3, 0.4) is 0 Å². The van der Waals surface area contributed by atoms with Gasteiger partial charge in [0.2, 0.25) is 0 Å². The van der Waals surface area contributed by atoms with Crippen molar-refractivity contribution >= 4 is 17.5 Å². The van der Waals surface area contributed by atoms with Gasteiger partial charge in [-0.05, 0) is 42.0 Å². The summed E-state index contributed by atoms with van der Waals surface area (Å²) in [6, 6.07) is 27.6. The smallest absolute Gasteiger partial charge is 0.169 e. The fourth-order valence-electron chi connectivity index (χ4n) is 3.48. The molecule has 0 aliphatic heterocycles. The maximum absolute atomic E-state index is 13.8. The van der Waals surface area contributed by atoms with Crippen LogP contribution in [0, 0.1) is 5.92 Å². The number of hydrogen-bond donors (Lipinski definition) is 0. The van der Waals surface area contributed by atoms with Crippen LogP contribution in [0.2, 0.25) is 0 Å². The number of carbonyl (C=O) groups is 1. The normalized spacial score (nSPS) is 12.8. The van der Waals surface area contributed by atoms with Gasteiger partial charge in [0, 0.05) is 15.7 Å². The quantitative estimate of drug-likeness (QED) is 0.266. The number of methoxy groups -OCH3 is 1. The summed E-state index contributed by atoms with van der Waals surface area (Å²) in [5.41, 5.74) is 1.75. The van der Waals surface area contributed by atoms with Crippen LogP contribution in [-0.2, 0) is 6.54 Å². The molecule has 0 radical (unpaired) electrons. The molecule has 0 aliphatic carbocycles. The van der Waals surface area contributed by atoms with Gasteiger partial charge in [-0.15, -0.1) is 11.8 Å². The fraction of sp³-hybridized carbons (Fsp3) is 0.160. The molecule has 0 aliphatic rings. The second-order valence-electron chi connectivity index (χ2n) is 7.08. The minimum Gasteiger partial charge on any atom is -0.497 e. The van der Waals surface area contributed by atoms with Crippen LogP contribution in [0.1, 0.15) is 21.2 Å². The van der Waals surface area contributed by atoms with Crippen molar-refractivity contribution in [1.29, 1.82) is 0 Å². The van der Waals surface area contributed by atoms with E-state index < -0.39 is 0 Å². The van der Waals surface area contributed by atoms with Gasteiger partial charge in [0.15, 0.2) is 5.78 Å². The number of nitrogens with zero attached hydrogens (tertiary/aromatic N) is 3. The lowest BCUT2D eigenvalue weighted by Gasteiger charge is -2.26. The van der Waals surface area contributed by atoms with E-state index in [1.54, 1.807) is 29.9 Å². The summed E-state index contributed by atoms with van der Waals surface area (Å²) in [6.45, 7) is 0.435. The molecule has 0 unspecified atom stereocenters. The third-order valence-corrected chi connectivity index (χ3v) is 6.46. The average Bonchev–Trinajstić information content (AvgIpc) is 3.35. The highest BCUT2D eigenvalue weighted by Crippen LogP contribution is 2.42. The van der Waals surface area contributed by atoms with Crippen molar-refractivity contribution in [2.24, 2.45) is 5.92 Å². The van der Waals surface area contributed by atoms with Crippen molar-refractivity contribution in [2.75, 3.05) is 7.11 Å². The van der Waals surface area contributed by atoms with Crippen molar-refractivity contribution in [3.63, 3.8) is 0 Å². The highest BCUT2D eigenvalue weighted by atomic mass is 32.2. The molecule has 4 rings (SSSR count). The summed E-state index contributed by atoms with van der Waals surface area (Å²) in [4.78, 5) is 18.9. The topological polar surface area (TPSA) is 57.0 Å². The number of ketones is 1. The van der Waals surface area contributed by atoms with Gasteiger partial charge in [0.1, 0.15) is 18.4 Å². The predicted octanol–water partition coefficient (Wildman–Crippen LogP) is 5.32. The number of aromatic nitrogens is 3. The highest BCUT2D eigenvalue weighted by molar-refractivity contribution is 7.99. The van der Waals surface area contributed by atoms with Gasteiger partial charge >= 0.3 is 0 Å². The van der Waals surface area contributed by atoms with Crippen molar-refractivity contribution in [3.8, 4) is 5.75 Å². The van der Waals surface area contributed by atoms with Crippen LogP contribution >= 0.6 is 11.8 Å². The second-order valence-corrected chi connectivity index (χ2v) is 8.29. The Labute approximate surface area is 186 Å². The molecule has 31 heavy (non-hydrogen) atoms. The molecule has 4 aromatic rings. The Morgan fingerprint density at radius 2 is 1.65 bits per heavy atom. The van der Waals surface area contributed by atoms with Crippen molar-refractivity contribution < 1.29 is 9.53 Å². The monoisotopic (exact) mass is 429 g/mol. The van der Waals surface area contributed by atoms with E-state index in [2.05, 4.69) is 34.3 Å². The summed E-state index contributed by atoms with van der Waals surface area (Å²) in [7, 11) is 1.62. The molecule has 0 saturated heterocycles. The molecule has 0 saturated carbocycles. The second kappa shape index (κ2) is 10.1. The van der Waals surface area contributed by atoms with E-state index in [1.165, 1.54) is 6.33 Å². The Bertz CT molecular complexity index is 1080. The molecule has 3 aromatic carbocycles. The van der Waals surface area contributed by atoms with Crippen molar-refractivity contribution in [3.05, 3.63) is 109 Å². The van der Waals surface area contributed by atoms with Crippen LogP contribution in [0.15, 0.2) is 102 Å². The molecular weight excluding hydrogens is 406 g/mol. The molecule has 0 bridgehead atoms. The Balaban J connectivity index is 1.74. The van der Waals surface area contributed by atoms with Crippen LogP contribution < -0.4 is 4.74 Å². The SMILES string of the molecule is COc1ccc(C(=O)[C@H](Cn2cncn2)[C@H](Sc2ccccc2)c2ccccc2)cc1. The molecule has 5 nitrogen and oxygen atoms in total. The number of rotatable bonds is 9. The lowest BCUT2D eigenvalue weighted by atomic mass is 9.90. The first-order valence-corrected chi connectivity index (χ1v) is 10.9. The van der Waals surface area contributed by atoms with Crippen molar-refractivity contribution in [2.45, 2.75) is 16.7 Å². The first-order chi connectivity index (χ1) is 15.2. The van der Waals surface area contributed by atoms with Gasteiger partial charge < -0.3 is 4.74 Å². The Hall–Kier alpha value is -3.38. The van der Waals surface area contributed by atoms with Gasteiger partial charge in [-0.25, -0.2) is 4.98 Å². The predicted molar refractivity (Wildman–Crippen MR) is 122 cm³/mol. The zero-order valence-corrected chi connectivity index (χ0v) is 18.0. The van der Waals surface area contributed by atoms with E-state index in [1.807, 2.05) is 60.7 Å². The number of Topliss-reactive ketones (excluding diaryl/α,β-unsaturated/α-hetero) is 1. The van der Waals surface area contributed by atoms with Crippen molar-refractivity contribution in [1.82, 2.24) is 14.8 Å². The summed E-state index contributed by atoms with van der Waals surface area (Å²) in [6.07, 6.45) is 3.15. The zero-order chi connectivity index (χ0) is 21.5. The molecule has 2 atom stereocenters. The van der Waals surface area contributed by atoms with Crippen LogP contribution in [0.25, 0.3) is 0 Å². The van der Waals surface area contributed by atoms with Gasteiger partial charge in [-0.3, -0.25) is 9.48 Å². The van der Waals surface area contributed by atoms with Gasteiger partial charge in [0.25, 0.3) is 0 Å². The largest absolute Gasteiger partial charge is 0.497 e. The maximum atomic E-state index is 13.8. The van der Waals surface area contributed by atoms with Crippen LogP contribution in [-0.4, -0.2) is 27.7 Å². The minimum atomic E-state index is -0.345. The van der Waals surface area contributed by atoms with Gasteiger partial charge in [-0.2, -0.15) is 5.10 Å². The zero-order valence-electron chi connectivity index (χ0n) is 17.2. The van der Waals surface area contributed by atoms with Crippen LogP contribution in [0.4, 0.5) is 0 Å². The summed E-state index contributed by atoms with van der Waals surface area (Å²) >= 11 is 1.70. The summed E-state index contributed by atoms with van der Waals surface area (Å²) in [5, 5.41) is 4.17. The average molecular weight is 430 g/mol. The lowest BCUT2D eigenvalue weighted by Crippen LogP contribution is -2.26. The molecule has 6 heteroatoms. The maximum Gasteiger partial charge on any atom is 0.169 e. The number of ether oxygens (including phenoxy) is 1. The van der Waals surface area contributed by atoms with E-state index in [0.717, 1.165) is 16.2 Å². The molecule has 0 spiro atoms. The first kappa shape index (κ1) is 20.9. The number of thioether (sulfide) groups is 1. The molecule has 0 amide bonds. The molecular formula is C25H23N3O2S. The number of hydrogen-bond acceptors (Lipinski definition) is 5. The van der Waals surface area contributed by atoms with E-state index in [-0.39, 0.29) is 17.0 Å². The third kappa shape index (κ3) is 5.22. The van der Waals surface area contributed by atoms with Gasteiger partial charge in [-0.1, -0.05) is 48.5 Å². The molecule has 156 valence electrons. The third-order valence-electron chi connectivity index (χ3n) is 5.06. The van der Waals surface area contributed by atoms with Gasteiger partial charge in [0.05, 0.1) is 19.6 Å². The Kier molecular flexibility index (Phi) is 6.79. The van der Waals surface area contributed by atoms with E-state index in [0.29, 0.717) is 12.1 Å². The molecule has 1 heterocycles. The summed E-state index contributed by atoms with van der Waals surface area (Å²) < 4.78 is 6.98. The Morgan fingerprint density at radius 1 is 0.968 bits per heavy atom. The minimum absolute atomic E-state index is 0.0652. The lowest BCUT2D eigenvalue weighted by molar-refractivity contribution is 0.0901. The van der Waals surface area contributed by atoms with Crippen LogP contribution in [0.5, 0.6) is 5.75 Å². The molecule has 0 N–H and O–H groups in total. The fourth-order valence-corrected chi connectivity index (χ4v) is 4.76. The van der Waals surface area contributed by atoms with E-state index in [4.69, 9.17) is 4.74 Å². The molecule has 0 fully saturated rings. The molecule has 1 aromatic heterocycles. The standard InChI is InChI=1S/C25H23N3O2S/c1-30-21-14-12-19(13-15-21)24(29)23(16-28-18-26-17-27-28)25(20-8-4-2-5-9-20)31-22-10-6-3-7-11-22/h2-15,17-18,23,25H,16H2,1H3/t23-,25+/m0/s1. The van der Waals surface area contributed by atoms with E-state index >= 15 is 0 Å². The Morgan fingerprint density at radius 3 is 2.26 bits per heavy atom. The number of benzene rings is 3. The summed E-state index contributed by atoms with van der Waals surface area (Å²) in [5.74, 6) is 0.445. The van der Waals surface area contributed by atoms with E-state index in [9.17, 15) is 4.79 Å². The first-order valence-electron chi connectivity index (χ1n) is 10.0.